The zero-order valence-electron chi connectivity index (χ0n) is 21.2. The largest absolute Gasteiger partial charge is 0.483 e. The number of nitrogens with one attached hydrogen (secondary N) is 3. The van der Waals surface area contributed by atoms with Gasteiger partial charge in [0.25, 0.3) is 0 Å². The van der Waals surface area contributed by atoms with Crippen LogP contribution in [-0.2, 0) is 19.6 Å². The summed E-state index contributed by atoms with van der Waals surface area (Å²) in [5.41, 5.74) is 7.47. The van der Waals surface area contributed by atoms with E-state index in [0.29, 0.717) is 12.2 Å². The summed E-state index contributed by atoms with van der Waals surface area (Å²) in [7, 11) is 0. The van der Waals surface area contributed by atoms with Gasteiger partial charge in [-0.2, -0.15) is 0 Å². The maximum atomic E-state index is 14.1. The average molecular weight is 540 g/mol. The van der Waals surface area contributed by atoms with E-state index in [2.05, 4.69) is 5.32 Å². The second-order valence-corrected chi connectivity index (χ2v) is 10.7. The molecular weight excluding hydrogens is 508 g/mol. The van der Waals surface area contributed by atoms with E-state index in [1.165, 1.54) is 6.07 Å². The highest BCUT2D eigenvalue weighted by atomic mass is 32.2. The van der Waals surface area contributed by atoms with Crippen LogP contribution in [0.25, 0.3) is 0 Å². The molecule has 4 rings (SSSR count). The van der Waals surface area contributed by atoms with E-state index in [1.807, 2.05) is 34.9 Å². The van der Waals surface area contributed by atoms with Crippen LogP contribution in [0.4, 0.5) is 8.78 Å². The Balaban J connectivity index is 1.62. The molecule has 0 amide bonds. The molecule has 0 saturated carbocycles. The van der Waals surface area contributed by atoms with Crippen LogP contribution >= 0.6 is 11.8 Å². The van der Waals surface area contributed by atoms with E-state index in [1.54, 1.807) is 13.1 Å². The zero-order chi connectivity index (χ0) is 27.3. The lowest BCUT2D eigenvalue weighted by Gasteiger charge is -2.35. The van der Waals surface area contributed by atoms with Crippen LogP contribution in [0.15, 0.2) is 59.5 Å². The predicted molar refractivity (Wildman–Crippen MR) is 147 cm³/mol. The lowest BCUT2D eigenvalue weighted by Crippen LogP contribution is -2.52. The van der Waals surface area contributed by atoms with Crippen molar-refractivity contribution in [3.8, 4) is 5.75 Å². The molecule has 0 aliphatic carbocycles. The zero-order valence-corrected chi connectivity index (χ0v) is 22.0. The molecule has 0 atom stereocenters. The third-order valence-corrected chi connectivity index (χ3v) is 7.46. The van der Waals surface area contributed by atoms with Gasteiger partial charge in [-0.15, -0.1) is 0 Å². The van der Waals surface area contributed by atoms with Crippen LogP contribution in [-0.4, -0.2) is 33.3 Å². The van der Waals surface area contributed by atoms with Crippen LogP contribution in [0.5, 0.6) is 5.75 Å². The number of halogens is 2. The number of pyridine rings is 1. The third-order valence-electron chi connectivity index (χ3n) is 6.64. The average Bonchev–Trinajstić information content (AvgIpc) is 2.88. The Hall–Kier alpha value is -3.34. The number of nitrogens with zero attached hydrogens (tertiary/aromatic N) is 1. The second kappa shape index (κ2) is 12.0. The quantitative estimate of drug-likeness (QED) is 0.251. The summed E-state index contributed by atoms with van der Waals surface area (Å²) in [5.74, 6) is -1.33. The summed E-state index contributed by atoms with van der Waals surface area (Å²) in [6.07, 6.45) is 2.99. The number of thioether (sulfide) groups is 1. The van der Waals surface area contributed by atoms with Gasteiger partial charge >= 0.3 is 0 Å². The van der Waals surface area contributed by atoms with Crippen molar-refractivity contribution in [2.24, 2.45) is 5.73 Å². The van der Waals surface area contributed by atoms with E-state index in [4.69, 9.17) is 21.3 Å². The highest BCUT2D eigenvalue weighted by Crippen LogP contribution is 2.24. The van der Waals surface area contributed by atoms with Gasteiger partial charge in [0.2, 0.25) is 5.43 Å². The minimum Gasteiger partial charge on any atom is -0.483 e. The maximum absolute atomic E-state index is 14.1. The van der Waals surface area contributed by atoms with Crippen molar-refractivity contribution in [3.05, 3.63) is 99.0 Å². The maximum Gasteiger partial charge on any atom is 0.233 e. The van der Waals surface area contributed by atoms with Crippen molar-refractivity contribution in [1.29, 1.82) is 10.8 Å². The number of hydrogen-bond acceptors (Lipinski definition) is 7. The first-order valence-electron chi connectivity index (χ1n) is 12.3. The molecule has 1 aliphatic rings. The minimum absolute atomic E-state index is 0.0487. The molecule has 0 bridgehead atoms. The molecule has 38 heavy (non-hydrogen) atoms. The fraction of sp³-hybridized carbons (Fsp3) is 0.321. The van der Waals surface area contributed by atoms with Crippen molar-refractivity contribution in [2.45, 2.75) is 44.9 Å². The van der Waals surface area contributed by atoms with E-state index in [-0.39, 0.29) is 40.0 Å². The van der Waals surface area contributed by atoms with Gasteiger partial charge in [0, 0.05) is 30.8 Å². The van der Waals surface area contributed by atoms with E-state index >= 15 is 0 Å². The first-order chi connectivity index (χ1) is 18.1. The molecule has 0 unspecified atom stereocenters. The normalized spacial score (nSPS) is 14.7. The van der Waals surface area contributed by atoms with Gasteiger partial charge in [0.15, 0.2) is 5.75 Å². The third kappa shape index (κ3) is 6.75. The molecule has 2 aromatic carbocycles. The van der Waals surface area contributed by atoms with Gasteiger partial charge in [-0.05, 0) is 50.0 Å². The fourth-order valence-electron chi connectivity index (χ4n) is 4.43. The van der Waals surface area contributed by atoms with Gasteiger partial charge in [-0.1, -0.05) is 48.2 Å². The lowest BCUT2D eigenvalue weighted by atomic mass is 9.89. The molecular formula is C28H31F2N5O2S. The summed E-state index contributed by atoms with van der Waals surface area (Å²) in [6, 6.07) is 12.6. The van der Waals surface area contributed by atoms with Crippen LogP contribution in [0, 0.1) is 29.4 Å². The monoisotopic (exact) mass is 539 g/mol. The predicted octanol–water partition coefficient (Wildman–Crippen LogP) is 4.37. The molecule has 3 aromatic rings. The molecule has 1 aliphatic heterocycles. The SMILES string of the molecule is Cc1c(OCc2ccccc2)c(=O)c(C(=N)SC(=N)Cc2ccc(F)cc2F)cn1CC1(N)CCNCC1. The van der Waals surface area contributed by atoms with Crippen molar-refractivity contribution in [1.82, 2.24) is 9.88 Å². The first-order valence-corrected chi connectivity index (χ1v) is 13.2. The Labute approximate surface area is 224 Å². The highest BCUT2D eigenvalue weighted by molar-refractivity contribution is 8.26. The Bertz CT molecular complexity index is 1390. The molecule has 7 nitrogen and oxygen atoms in total. The van der Waals surface area contributed by atoms with Crippen LogP contribution in [0.3, 0.4) is 0 Å². The summed E-state index contributed by atoms with van der Waals surface area (Å²) in [6.45, 7) is 4.00. The van der Waals surface area contributed by atoms with Gasteiger partial charge in [0.1, 0.15) is 23.3 Å². The molecule has 1 saturated heterocycles. The van der Waals surface area contributed by atoms with E-state index in [9.17, 15) is 13.6 Å². The van der Waals surface area contributed by atoms with Crippen molar-refractivity contribution >= 4 is 21.8 Å². The van der Waals surface area contributed by atoms with Gasteiger partial charge in [-0.25, -0.2) is 8.78 Å². The molecule has 10 heteroatoms. The number of rotatable bonds is 8. The molecule has 5 N–H and O–H groups in total. The van der Waals surface area contributed by atoms with Gasteiger partial charge < -0.3 is 20.4 Å². The summed E-state index contributed by atoms with van der Waals surface area (Å²) in [5, 5.41) is 20.0. The molecule has 1 fully saturated rings. The second-order valence-electron chi connectivity index (χ2n) is 9.57. The topological polar surface area (TPSA) is 117 Å². The van der Waals surface area contributed by atoms with Crippen LogP contribution in [0.2, 0.25) is 0 Å². The number of ether oxygens (including phenoxy) is 1. The molecule has 0 radical (unpaired) electrons. The van der Waals surface area contributed by atoms with Crippen molar-refractivity contribution in [3.63, 3.8) is 0 Å². The first kappa shape index (κ1) is 27.7. The van der Waals surface area contributed by atoms with Gasteiger partial charge in [-0.3, -0.25) is 15.6 Å². The van der Waals surface area contributed by atoms with Crippen LogP contribution in [0.1, 0.15) is 35.2 Å². The van der Waals surface area contributed by atoms with Gasteiger partial charge in [0.05, 0.1) is 16.3 Å². The summed E-state index contributed by atoms with van der Waals surface area (Å²) >= 11 is 0.754. The highest BCUT2D eigenvalue weighted by Gasteiger charge is 2.29. The molecule has 2 heterocycles. The fourth-order valence-corrected chi connectivity index (χ4v) is 5.16. The number of nitrogens with two attached hydrogens (primary N) is 1. The van der Waals surface area contributed by atoms with E-state index in [0.717, 1.165) is 55.4 Å². The molecule has 0 spiro atoms. The Kier molecular flexibility index (Phi) is 8.76. The Morgan fingerprint density at radius 1 is 1.16 bits per heavy atom. The number of hydrogen-bond donors (Lipinski definition) is 4. The smallest absolute Gasteiger partial charge is 0.233 e. The lowest BCUT2D eigenvalue weighted by molar-refractivity contribution is 0.263. The standard InChI is InChI=1S/C28H31F2N5O2S/c1-18-26(37-16-19-5-3-2-4-6-19)25(36)22(15-35(18)17-28(33)9-11-34-12-10-28)27(32)38-24(31)13-20-7-8-21(29)14-23(20)30/h2-8,14-15,31-32,34H,9-13,16-17,33H2,1H3. The number of piperidine rings is 1. The van der Waals surface area contributed by atoms with Crippen LogP contribution < -0.4 is 21.2 Å². The van der Waals surface area contributed by atoms with Crippen molar-refractivity contribution in [2.75, 3.05) is 13.1 Å². The minimum atomic E-state index is -0.758. The summed E-state index contributed by atoms with van der Waals surface area (Å²) in [4.78, 5) is 13.5. The molecule has 1 aromatic heterocycles. The number of aromatic nitrogens is 1. The Morgan fingerprint density at radius 2 is 1.87 bits per heavy atom. The number of benzene rings is 2. The van der Waals surface area contributed by atoms with Crippen molar-refractivity contribution < 1.29 is 13.5 Å². The summed E-state index contributed by atoms with van der Waals surface area (Å²) < 4.78 is 35.2. The molecule has 200 valence electrons. The van der Waals surface area contributed by atoms with E-state index < -0.39 is 22.6 Å². The Morgan fingerprint density at radius 3 is 2.55 bits per heavy atom.